The highest BCUT2D eigenvalue weighted by molar-refractivity contribution is 6.16. The van der Waals surface area contributed by atoms with Crippen LogP contribution >= 0.6 is 0 Å². The minimum Gasteiger partial charge on any atom is -0.309 e. The third kappa shape index (κ3) is 4.95. The summed E-state index contributed by atoms with van der Waals surface area (Å²) in [6.07, 6.45) is -0.166. The quantitative estimate of drug-likeness (QED) is 0.170. The molecule has 0 spiro atoms. The van der Waals surface area contributed by atoms with Crippen LogP contribution in [0.3, 0.4) is 0 Å². The number of aromatic nitrogens is 1. The Hall–Kier alpha value is -5.78. The fraction of sp³-hybridized carbons (Fsp3) is 0.125. The maximum absolute atomic E-state index is 3.89. The molecule has 252 valence electrons. The highest BCUT2D eigenvalue weighted by Gasteiger charge is 2.38. The van der Waals surface area contributed by atoms with Crippen LogP contribution < -0.4 is 16.0 Å². The highest BCUT2D eigenvalue weighted by atomic mass is 15.4. The van der Waals surface area contributed by atoms with E-state index in [4.69, 9.17) is 0 Å². The Morgan fingerprint density at radius 3 is 1.75 bits per heavy atom. The van der Waals surface area contributed by atoms with Crippen LogP contribution in [0.5, 0.6) is 0 Å². The van der Waals surface area contributed by atoms with Crippen LogP contribution in [0.15, 0.2) is 170 Å². The molecule has 0 radical (unpaired) electrons. The van der Waals surface area contributed by atoms with Crippen LogP contribution in [0.1, 0.15) is 60.2 Å². The molecule has 2 unspecified atom stereocenters. The SMILES string of the molecule is CC1(C)c2ccccc2-c2c1ccc1c3cc(-c4ccccc4)ccc3n(-c3cccc(C4NC(c5ccccc5)NC(c5ccccc5)N4)c3)c21. The zero-order chi connectivity index (χ0) is 34.8. The molecule has 7 aromatic carbocycles. The molecule has 0 saturated carbocycles. The van der Waals surface area contributed by atoms with E-state index >= 15 is 0 Å². The van der Waals surface area contributed by atoms with Gasteiger partial charge in [0.2, 0.25) is 0 Å². The Kier molecular flexibility index (Phi) is 7.26. The highest BCUT2D eigenvalue weighted by Crippen LogP contribution is 2.53. The molecule has 3 N–H and O–H groups in total. The Labute approximate surface area is 304 Å². The zero-order valence-electron chi connectivity index (χ0n) is 29.3. The molecule has 2 aliphatic rings. The number of benzene rings is 7. The van der Waals surface area contributed by atoms with E-state index in [2.05, 4.69) is 204 Å². The van der Waals surface area contributed by atoms with Gasteiger partial charge in [0.1, 0.15) is 0 Å². The molecule has 4 heteroatoms. The maximum atomic E-state index is 3.89. The first kappa shape index (κ1) is 31.0. The summed E-state index contributed by atoms with van der Waals surface area (Å²) in [5.74, 6) is 0. The van der Waals surface area contributed by atoms with Gasteiger partial charge in [0, 0.05) is 27.4 Å². The molecule has 1 aliphatic carbocycles. The number of nitrogens with one attached hydrogen (secondary N) is 3. The van der Waals surface area contributed by atoms with Gasteiger partial charge in [0.25, 0.3) is 0 Å². The molecule has 2 heterocycles. The Balaban J connectivity index is 1.17. The van der Waals surface area contributed by atoms with Crippen molar-refractivity contribution in [2.45, 2.75) is 37.8 Å². The molecule has 52 heavy (non-hydrogen) atoms. The maximum Gasteiger partial charge on any atom is 0.0865 e. The minimum absolute atomic E-state index is 0.0343. The lowest BCUT2D eigenvalue weighted by Crippen LogP contribution is -2.54. The second-order valence-corrected chi connectivity index (χ2v) is 14.7. The van der Waals surface area contributed by atoms with E-state index in [9.17, 15) is 0 Å². The van der Waals surface area contributed by atoms with Gasteiger partial charge in [-0.1, -0.05) is 159 Å². The van der Waals surface area contributed by atoms with Crippen molar-refractivity contribution in [3.8, 4) is 27.9 Å². The molecule has 4 nitrogen and oxygen atoms in total. The number of hydrogen-bond acceptors (Lipinski definition) is 3. The van der Waals surface area contributed by atoms with Crippen LogP contribution in [0.25, 0.3) is 49.7 Å². The zero-order valence-corrected chi connectivity index (χ0v) is 29.3. The van der Waals surface area contributed by atoms with Gasteiger partial charge in [-0.25, -0.2) is 0 Å². The predicted octanol–water partition coefficient (Wildman–Crippen LogP) is 10.9. The lowest BCUT2D eigenvalue weighted by molar-refractivity contribution is 0.203. The van der Waals surface area contributed by atoms with Crippen molar-refractivity contribution in [3.05, 3.63) is 198 Å². The first-order valence-corrected chi connectivity index (χ1v) is 18.3. The van der Waals surface area contributed by atoms with Crippen molar-refractivity contribution >= 4 is 21.8 Å². The van der Waals surface area contributed by atoms with Crippen molar-refractivity contribution in [1.82, 2.24) is 20.5 Å². The van der Waals surface area contributed by atoms with E-state index in [0.717, 1.165) is 5.69 Å². The topological polar surface area (TPSA) is 41.0 Å². The van der Waals surface area contributed by atoms with E-state index < -0.39 is 0 Å². The summed E-state index contributed by atoms with van der Waals surface area (Å²) < 4.78 is 2.52. The molecule has 0 amide bonds. The summed E-state index contributed by atoms with van der Waals surface area (Å²) in [6, 6.07) is 61.9. The normalized spacial score (nSPS) is 19.1. The van der Waals surface area contributed by atoms with Gasteiger partial charge in [0.05, 0.1) is 29.5 Å². The Morgan fingerprint density at radius 1 is 0.462 bits per heavy atom. The van der Waals surface area contributed by atoms with E-state index in [1.807, 2.05) is 0 Å². The molecule has 10 rings (SSSR count). The van der Waals surface area contributed by atoms with Crippen LogP contribution in [0.4, 0.5) is 0 Å². The van der Waals surface area contributed by atoms with Gasteiger partial charge < -0.3 is 4.57 Å². The number of rotatable bonds is 5. The monoisotopic (exact) mass is 672 g/mol. The van der Waals surface area contributed by atoms with E-state index in [-0.39, 0.29) is 23.9 Å². The average Bonchev–Trinajstić information content (AvgIpc) is 3.67. The standard InChI is InChI=1S/C48H40N4/c1-48(2)40-24-13-12-23-38(40)43-41(48)27-26-37-39-30-34(31-15-6-3-7-16-31)25-28-42(39)52(44(37)43)36-22-14-21-35(29-36)47-50-45(32-17-8-4-9-18-32)49-46(51-47)33-19-10-5-11-20-33/h3-30,45-47,49-51H,1-2H3. The smallest absolute Gasteiger partial charge is 0.0865 e. The Morgan fingerprint density at radius 2 is 1.06 bits per heavy atom. The fourth-order valence-electron chi connectivity index (χ4n) is 8.73. The number of fused-ring (bicyclic) bond motifs is 7. The molecule has 1 aliphatic heterocycles. The van der Waals surface area contributed by atoms with E-state index in [1.165, 1.54) is 71.9 Å². The number of nitrogens with zero attached hydrogens (tertiary/aromatic N) is 1. The Bertz CT molecular complexity index is 2540. The summed E-state index contributed by atoms with van der Waals surface area (Å²) in [7, 11) is 0. The van der Waals surface area contributed by atoms with Crippen molar-refractivity contribution in [1.29, 1.82) is 0 Å². The average molecular weight is 673 g/mol. The fourth-order valence-corrected chi connectivity index (χ4v) is 8.73. The van der Waals surface area contributed by atoms with Crippen molar-refractivity contribution < 1.29 is 0 Å². The van der Waals surface area contributed by atoms with Crippen molar-refractivity contribution in [3.63, 3.8) is 0 Å². The summed E-state index contributed by atoms with van der Waals surface area (Å²) in [6.45, 7) is 4.73. The van der Waals surface area contributed by atoms with Gasteiger partial charge in [-0.2, -0.15) is 0 Å². The van der Waals surface area contributed by atoms with Crippen molar-refractivity contribution in [2.24, 2.45) is 0 Å². The van der Waals surface area contributed by atoms with Gasteiger partial charge in [-0.15, -0.1) is 0 Å². The summed E-state index contributed by atoms with van der Waals surface area (Å²) in [5.41, 5.74) is 15.0. The lowest BCUT2D eigenvalue weighted by atomic mass is 9.82. The molecule has 1 aromatic heterocycles. The van der Waals surface area contributed by atoms with Crippen LogP contribution in [-0.4, -0.2) is 4.57 Å². The first-order valence-electron chi connectivity index (χ1n) is 18.3. The van der Waals surface area contributed by atoms with Gasteiger partial charge in [-0.05, 0) is 68.8 Å². The summed E-state index contributed by atoms with van der Waals surface area (Å²) in [4.78, 5) is 0. The van der Waals surface area contributed by atoms with Crippen LogP contribution in [0, 0.1) is 0 Å². The van der Waals surface area contributed by atoms with Crippen LogP contribution in [-0.2, 0) is 5.41 Å². The summed E-state index contributed by atoms with van der Waals surface area (Å²) in [5, 5.41) is 14.1. The lowest BCUT2D eigenvalue weighted by Gasteiger charge is -2.39. The largest absolute Gasteiger partial charge is 0.309 e. The molecular weight excluding hydrogens is 633 g/mol. The van der Waals surface area contributed by atoms with E-state index in [1.54, 1.807) is 0 Å². The van der Waals surface area contributed by atoms with Gasteiger partial charge >= 0.3 is 0 Å². The second kappa shape index (κ2) is 12.2. The van der Waals surface area contributed by atoms with Crippen LogP contribution in [0.2, 0.25) is 0 Å². The minimum atomic E-state index is -0.0974. The second-order valence-electron chi connectivity index (χ2n) is 14.7. The molecule has 1 saturated heterocycles. The predicted molar refractivity (Wildman–Crippen MR) is 214 cm³/mol. The first-order chi connectivity index (χ1) is 25.5. The van der Waals surface area contributed by atoms with Crippen molar-refractivity contribution in [2.75, 3.05) is 0 Å². The third-order valence-corrected chi connectivity index (χ3v) is 11.3. The molecule has 1 fully saturated rings. The molecular formula is C48H40N4. The van der Waals surface area contributed by atoms with Gasteiger partial charge in [-0.3, -0.25) is 16.0 Å². The van der Waals surface area contributed by atoms with E-state index in [0.29, 0.717) is 0 Å². The molecule has 8 aromatic rings. The number of hydrogen-bond donors (Lipinski definition) is 3. The summed E-state index contributed by atoms with van der Waals surface area (Å²) >= 11 is 0. The third-order valence-electron chi connectivity index (χ3n) is 11.3. The van der Waals surface area contributed by atoms with Gasteiger partial charge in [0.15, 0.2) is 0 Å². The molecule has 2 atom stereocenters. The molecule has 0 bridgehead atoms.